The number of rotatable bonds is 8. The quantitative estimate of drug-likeness (QED) is 0.660. The lowest BCUT2D eigenvalue weighted by Crippen LogP contribution is -2.38. The molecule has 2 nitrogen and oxygen atoms in total. The van der Waals surface area contributed by atoms with E-state index in [9.17, 15) is 4.79 Å². The van der Waals surface area contributed by atoms with Crippen LogP contribution in [-0.4, -0.2) is 18.3 Å². The van der Waals surface area contributed by atoms with E-state index in [1.807, 2.05) is 0 Å². The van der Waals surface area contributed by atoms with Crippen LogP contribution in [0.1, 0.15) is 65.2 Å². The molecular weight excluding hydrogens is 258 g/mol. The van der Waals surface area contributed by atoms with Crippen LogP contribution in [0.2, 0.25) is 0 Å². The first-order valence-electron chi connectivity index (χ1n) is 8.06. The van der Waals surface area contributed by atoms with E-state index in [0.29, 0.717) is 11.8 Å². The highest BCUT2D eigenvalue weighted by Crippen LogP contribution is 2.30. The number of carbonyl (C=O) groups excluding carboxylic acids is 1. The van der Waals surface area contributed by atoms with E-state index >= 15 is 0 Å². The second kappa shape index (κ2) is 9.63. The molecule has 0 aromatic rings. The molecule has 0 aliphatic heterocycles. The molecular formula is C16H30ClNO. The normalized spacial score (nSPS) is 23.6. The fraction of sp³-hybridized carbons (Fsp3) is 0.938. The Balaban J connectivity index is 2.38. The van der Waals surface area contributed by atoms with Crippen LogP contribution in [0.25, 0.3) is 0 Å². The standard InChI is InChI=1S/C16H30ClNO/c1-3-7-13(8-4-2)16(19)18-12-15-10-6-5-9-14(15)11-17/h13-15H,3-12H2,1-2H3,(H,18,19). The van der Waals surface area contributed by atoms with Crippen molar-refractivity contribution in [3.63, 3.8) is 0 Å². The van der Waals surface area contributed by atoms with Crippen molar-refractivity contribution >= 4 is 17.5 Å². The van der Waals surface area contributed by atoms with Crippen molar-refractivity contribution in [3.8, 4) is 0 Å². The maximum atomic E-state index is 12.2. The molecule has 2 unspecified atom stereocenters. The molecule has 0 spiro atoms. The van der Waals surface area contributed by atoms with Gasteiger partial charge in [0.25, 0.3) is 0 Å². The van der Waals surface area contributed by atoms with Gasteiger partial charge in [-0.3, -0.25) is 4.79 Å². The summed E-state index contributed by atoms with van der Waals surface area (Å²) in [5, 5.41) is 3.19. The van der Waals surface area contributed by atoms with Gasteiger partial charge in [-0.05, 0) is 37.5 Å². The third-order valence-electron chi connectivity index (χ3n) is 4.45. The average Bonchev–Trinajstić information content (AvgIpc) is 2.44. The summed E-state index contributed by atoms with van der Waals surface area (Å²) in [7, 11) is 0. The van der Waals surface area contributed by atoms with Crippen molar-refractivity contribution in [2.24, 2.45) is 17.8 Å². The summed E-state index contributed by atoms with van der Waals surface area (Å²) in [6.07, 6.45) is 9.27. The minimum Gasteiger partial charge on any atom is -0.356 e. The van der Waals surface area contributed by atoms with Gasteiger partial charge in [0.1, 0.15) is 0 Å². The largest absolute Gasteiger partial charge is 0.356 e. The average molecular weight is 288 g/mol. The Morgan fingerprint density at radius 3 is 2.26 bits per heavy atom. The zero-order valence-corrected chi connectivity index (χ0v) is 13.3. The number of carbonyl (C=O) groups is 1. The number of hydrogen-bond acceptors (Lipinski definition) is 1. The minimum absolute atomic E-state index is 0.216. The van der Waals surface area contributed by atoms with Crippen LogP contribution in [-0.2, 0) is 4.79 Å². The highest BCUT2D eigenvalue weighted by molar-refractivity contribution is 6.18. The summed E-state index contributed by atoms with van der Waals surface area (Å²) in [5.41, 5.74) is 0. The lowest BCUT2D eigenvalue weighted by Gasteiger charge is -2.30. The Labute approximate surface area is 123 Å². The lowest BCUT2D eigenvalue weighted by atomic mass is 9.80. The van der Waals surface area contributed by atoms with Crippen molar-refractivity contribution in [2.45, 2.75) is 65.2 Å². The first-order chi connectivity index (χ1) is 9.22. The second-order valence-corrected chi connectivity index (χ2v) is 6.29. The Hall–Kier alpha value is -0.240. The minimum atomic E-state index is 0.216. The number of hydrogen-bond donors (Lipinski definition) is 1. The van der Waals surface area contributed by atoms with Gasteiger partial charge in [-0.25, -0.2) is 0 Å². The predicted octanol–water partition coefficient (Wildman–Crippen LogP) is 4.36. The molecule has 1 rings (SSSR count). The molecule has 3 heteroatoms. The number of amides is 1. The molecule has 1 aliphatic carbocycles. The van der Waals surface area contributed by atoms with Crippen LogP contribution in [0.15, 0.2) is 0 Å². The van der Waals surface area contributed by atoms with Gasteiger partial charge in [0, 0.05) is 18.3 Å². The molecule has 1 amide bonds. The van der Waals surface area contributed by atoms with E-state index in [0.717, 1.165) is 38.1 Å². The Morgan fingerprint density at radius 2 is 1.74 bits per heavy atom. The van der Waals surface area contributed by atoms with Gasteiger partial charge in [-0.15, -0.1) is 11.6 Å². The van der Waals surface area contributed by atoms with E-state index in [1.165, 1.54) is 25.7 Å². The van der Waals surface area contributed by atoms with Crippen LogP contribution < -0.4 is 5.32 Å². The Kier molecular flexibility index (Phi) is 8.52. The molecule has 0 heterocycles. The number of nitrogens with one attached hydrogen (secondary N) is 1. The molecule has 112 valence electrons. The molecule has 0 saturated heterocycles. The van der Waals surface area contributed by atoms with Gasteiger partial charge < -0.3 is 5.32 Å². The van der Waals surface area contributed by atoms with Crippen LogP contribution in [0.3, 0.4) is 0 Å². The van der Waals surface area contributed by atoms with Crippen LogP contribution in [0, 0.1) is 17.8 Å². The van der Waals surface area contributed by atoms with Crippen molar-refractivity contribution in [3.05, 3.63) is 0 Å². The van der Waals surface area contributed by atoms with Gasteiger partial charge in [-0.1, -0.05) is 39.5 Å². The summed E-state index contributed by atoms with van der Waals surface area (Å²) in [5.74, 6) is 2.43. The number of halogens is 1. The third-order valence-corrected chi connectivity index (χ3v) is 4.84. The maximum absolute atomic E-state index is 12.2. The zero-order valence-electron chi connectivity index (χ0n) is 12.6. The van der Waals surface area contributed by atoms with E-state index in [-0.39, 0.29) is 11.8 Å². The van der Waals surface area contributed by atoms with Crippen LogP contribution in [0.4, 0.5) is 0 Å². The molecule has 0 bridgehead atoms. The first kappa shape index (κ1) is 16.8. The van der Waals surface area contributed by atoms with Crippen LogP contribution in [0.5, 0.6) is 0 Å². The van der Waals surface area contributed by atoms with Gasteiger partial charge in [-0.2, -0.15) is 0 Å². The zero-order chi connectivity index (χ0) is 14.1. The van der Waals surface area contributed by atoms with Gasteiger partial charge in [0.05, 0.1) is 0 Å². The smallest absolute Gasteiger partial charge is 0.223 e. The SMILES string of the molecule is CCCC(CCC)C(=O)NCC1CCCCC1CCl. The highest BCUT2D eigenvalue weighted by Gasteiger charge is 2.25. The summed E-state index contributed by atoms with van der Waals surface area (Å²) in [6, 6.07) is 0. The summed E-state index contributed by atoms with van der Waals surface area (Å²) >= 11 is 6.04. The molecule has 0 aromatic heterocycles. The molecule has 1 fully saturated rings. The Morgan fingerprint density at radius 1 is 1.16 bits per heavy atom. The van der Waals surface area contributed by atoms with E-state index < -0.39 is 0 Å². The molecule has 2 atom stereocenters. The molecule has 0 aromatic carbocycles. The van der Waals surface area contributed by atoms with Gasteiger partial charge in [0.15, 0.2) is 0 Å². The third kappa shape index (κ3) is 5.72. The molecule has 19 heavy (non-hydrogen) atoms. The molecule has 1 aliphatic rings. The fourth-order valence-electron chi connectivity index (χ4n) is 3.24. The van der Waals surface area contributed by atoms with E-state index in [4.69, 9.17) is 11.6 Å². The molecule has 0 radical (unpaired) electrons. The monoisotopic (exact) mass is 287 g/mol. The van der Waals surface area contributed by atoms with E-state index in [1.54, 1.807) is 0 Å². The van der Waals surface area contributed by atoms with Crippen molar-refractivity contribution in [1.82, 2.24) is 5.32 Å². The van der Waals surface area contributed by atoms with Gasteiger partial charge in [0.2, 0.25) is 5.91 Å². The number of alkyl halides is 1. The topological polar surface area (TPSA) is 29.1 Å². The first-order valence-corrected chi connectivity index (χ1v) is 8.60. The van der Waals surface area contributed by atoms with Crippen LogP contribution >= 0.6 is 11.6 Å². The summed E-state index contributed by atoms with van der Waals surface area (Å²) < 4.78 is 0. The van der Waals surface area contributed by atoms with Crippen molar-refractivity contribution in [2.75, 3.05) is 12.4 Å². The molecule has 1 saturated carbocycles. The summed E-state index contributed by atoms with van der Waals surface area (Å²) in [4.78, 5) is 12.2. The van der Waals surface area contributed by atoms with Crippen molar-refractivity contribution in [1.29, 1.82) is 0 Å². The molecule has 1 N–H and O–H groups in total. The Bertz CT molecular complexity index is 251. The lowest BCUT2D eigenvalue weighted by molar-refractivity contribution is -0.125. The van der Waals surface area contributed by atoms with Gasteiger partial charge >= 0.3 is 0 Å². The van der Waals surface area contributed by atoms with Crippen molar-refractivity contribution < 1.29 is 4.79 Å². The predicted molar refractivity (Wildman–Crippen MR) is 82.5 cm³/mol. The highest BCUT2D eigenvalue weighted by atomic mass is 35.5. The maximum Gasteiger partial charge on any atom is 0.223 e. The second-order valence-electron chi connectivity index (χ2n) is 5.98. The van der Waals surface area contributed by atoms with E-state index in [2.05, 4.69) is 19.2 Å². The fourth-order valence-corrected chi connectivity index (χ4v) is 3.64. The summed E-state index contributed by atoms with van der Waals surface area (Å²) in [6.45, 7) is 5.14.